The van der Waals surface area contributed by atoms with Gasteiger partial charge in [-0.1, -0.05) is 20.8 Å². The fourth-order valence-electron chi connectivity index (χ4n) is 1.73. The van der Waals surface area contributed by atoms with Crippen molar-refractivity contribution < 1.29 is 19.1 Å². The Morgan fingerprint density at radius 1 is 1.14 bits per heavy atom. The van der Waals surface area contributed by atoms with Crippen LogP contribution in [0.3, 0.4) is 0 Å². The molecule has 164 valence electrons. The van der Waals surface area contributed by atoms with Crippen molar-refractivity contribution in [1.82, 2.24) is 9.88 Å². The van der Waals surface area contributed by atoms with Crippen LogP contribution < -0.4 is 0 Å². The van der Waals surface area contributed by atoms with Crippen molar-refractivity contribution in [2.45, 2.75) is 79.8 Å². The predicted molar refractivity (Wildman–Crippen MR) is 117 cm³/mol. The van der Waals surface area contributed by atoms with Crippen LogP contribution in [0, 0.1) is 0 Å². The minimum Gasteiger partial charge on any atom is -0.461 e. The Morgan fingerprint density at radius 2 is 1.68 bits per heavy atom. The quantitative estimate of drug-likeness (QED) is 0.420. The molecule has 0 unspecified atom stereocenters. The Balaban J connectivity index is 0. The fraction of sp³-hybridized carbons (Fsp3) is 0.762. The maximum absolute atomic E-state index is 11.2. The first kappa shape index (κ1) is 28.7. The van der Waals surface area contributed by atoms with Crippen molar-refractivity contribution >= 4 is 23.7 Å². The van der Waals surface area contributed by atoms with Gasteiger partial charge in [-0.25, -0.2) is 9.78 Å². The number of aromatic nitrogens is 1. The molecule has 0 aliphatic rings. The lowest BCUT2D eigenvalue weighted by Crippen LogP contribution is -2.23. The second-order valence-corrected chi connectivity index (χ2v) is 8.00. The van der Waals surface area contributed by atoms with Gasteiger partial charge >= 0.3 is 5.97 Å². The molecule has 0 aliphatic heterocycles. The van der Waals surface area contributed by atoms with Crippen LogP contribution in [0.4, 0.5) is 0 Å². The number of hydrogen-bond donors (Lipinski definition) is 0. The monoisotopic (exact) mass is 416 g/mol. The molecule has 0 spiro atoms. The average molecular weight is 417 g/mol. The average Bonchev–Trinajstić information content (AvgIpc) is 3.11. The van der Waals surface area contributed by atoms with Gasteiger partial charge in [-0.15, -0.1) is 11.3 Å². The normalized spacial score (nSPS) is 10.1. The van der Waals surface area contributed by atoms with Gasteiger partial charge in [0.05, 0.1) is 17.2 Å². The second kappa shape index (κ2) is 17.6. The molecule has 0 aromatic carbocycles. The molecule has 0 aliphatic carbocycles. The molecular weight excluding hydrogens is 376 g/mol. The summed E-state index contributed by atoms with van der Waals surface area (Å²) >= 11 is 1.52. The van der Waals surface area contributed by atoms with Crippen molar-refractivity contribution in [3.05, 3.63) is 16.1 Å². The lowest BCUT2D eigenvalue weighted by molar-refractivity contribution is -0.118. The summed E-state index contributed by atoms with van der Waals surface area (Å²) in [5, 5.41) is 2.76. The molecule has 0 radical (unpaired) electrons. The molecule has 0 N–H and O–H groups in total. The van der Waals surface area contributed by atoms with Gasteiger partial charge < -0.3 is 14.4 Å². The molecular formula is C21H40N2O4S. The summed E-state index contributed by atoms with van der Waals surface area (Å²) in [7, 11) is 1.71. The molecule has 0 saturated heterocycles. The van der Waals surface area contributed by atoms with Gasteiger partial charge in [-0.3, -0.25) is 4.79 Å². The second-order valence-electron chi connectivity index (χ2n) is 7.05. The fourth-order valence-corrected chi connectivity index (χ4v) is 2.60. The van der Waals surface area contributed by atoms with Crippen LogP contribution in [0.5, 0.6) is 0 Å². The number of nitrogens with zero attached hydrogens (tertiary/aromatic N) is 2. The largest absolute Gasteiger partial charge is 0.461 e. The van der Waals surface area contributed by atoms with E-state index >= 15 is 0 Å². The Bertz CT molecular complexity index is 507. The Hall–Kier alpha value is -1.47. The molecule has 7 heteroatoms. The van der Waals surface area contributed by atoms with Crippen LogP contribution in [0.2, 0.25) is 0 Å². The first-order chi connectivity index (χ1) is 13.2. The zero-order chi connectivity index (χ0) is 22.0. The third kappa shape index (κ3) is 16.7. The lowest BCUT2D eigenvalue weighted by atomic mass is 10.2. The Kier molecular flexibility index (Phi) is 18.1. The summed E-state index contributed by atoms with van der Waals surface area (Å²) in [6.45, 7) is 16.3. The highest BCUT2D eigenvalue weighted by Gasteiger charge is 2.10. The maximum Gasteiger partial charge on any atom is 0.357 e. The first-order valence-corrected chi connectivity index (χ1v) is 10.9. The van der Waals surface area contributed by atoms with Crippen molar-refractivity contribution in [3.8, 4) is 0 Å². The first-order valence-electron chi connectivity index (χ1n) is 10.0. The summed E-state index contributed by atoms with van der Waals surface area (Å²) in [6, 6.07) is 0. The van der Waals surface area contributed by atoms with Gasteiger partial charge in [0.25, 0.3) is 0 Å². The minimum absolute atomic E-state index is 0.0417. The summed E-state index contributed by atoms with van der Waals surface area (Å²) in [6.07, 6.45) is 5.02. The van der Waals surface area contributed by atoms with E-state index < -0.39 is 0 Å². The smallest absolute Gasteiger partial charge is 0.357 e. The van der Waals surface area contributed by atoms with Gasteiger partial charge in [0, 0.05) is 25.6 Å². The van der Waals surface area contributed by atoms with Crippen molar-refractivity contribution in [2.75, 3.05) is 26.8 Å². The molecule has 1 amide bonds. The van der Waals surface area contributed by atoms with E-state index in [0.29, 0.717) is 12.3 Å². The van der Waals surface area contributed by atoms with Crippen LogP contribution in [-0.2, 0) is 20.7 Å². The SMILES string of the molecule is CCCN(C=O)CCC.CCCc1nc(C(=O)OCC)cs1.COC(C)(C)C. The molecule has 6 nitrogen and oxygen atoms in total. The van der Waals surface area contributed by atoms with Gasteiger partial charge in [0.2, 0.25) is 6.41 Å². The Morgan fingerprint density at radius 3 is 2.04 bits per heavy atom. The molecule has 28 heavy (non-hydrogen) atoms. The number of thiazole rings is 1. The van der Waals surface area contributed by atoms with Gasteiger partial charge in [-0.05, 0) is 53.4 Å². The number of methoxy groups -OCH3 is 1. The third-order valence-electron chi connectivity index (χ3n) is 3.28. The van der Waals surface area contributed by atoms with E-state index in [1.54, 1.807) is 24.3 Å². The summed E-state index contributed by atoms with van der Waals surface area (Å²) in [5.41, 5.74) is 0.482. The van der Waals surface area contributed by atoms with Gasteiger partial charge in [0.1, 0.15) is 0 Å². The lowest BCUT2D eigenvalue weighted by Gasteiger charge is -2.14. The van der Waals surface area contributed by atoms with Crippen LogP contribution in [0.25, 0.3) is 0 Å². The van der Waals surface area contributed by atoms with Gasteiger partial charge in [-0.2, -0.15) is 0 Å². The highest BCUT2D eigenvalue weighted by molar-refractivity contribution is 7.09. The summed E-state index contributed by atoms with van der Waals surface area (Å²) < 4.78 is 9.76. The molecule has 1 heterocycles. The number of hydrogen-bond acceptors (Lipinski definition) is 6. The topological polar surface area (TPSA) is 68.7 Å². The molecule has 0 bridgehead atoms. The van der Waals surface area contributed by atoms with E-state index in [1.165, 1.54) is 11.3 Å². The number of rotatable bonds is 9. The zero-order valence-electron chi connectivity index (χ0n) is 19.0. The standard InChI is InChI=1S/C9H13NO2S.C7H15NO.C5H12O/c1-3-5-8-10-7(6-13-8)9(11)12-4-2;1-3-5-8(7-9)6-4-2;1-5(2,3)6-4/h6H,3-5H2,1-2H3;7H,3-6H2,1-2H3;1-4H3. The number of ether oxygens (including phenoxy) is 2. The van der Waals surface area contributed by atoms with Crippen LogP contribution in [-0.4, -0.2) is 54.7 Å². The van der Waals surface area contributed by atoms with E-state index in [4.69, 9.17) is 9.47 Å². The molecule has 0 saturated carbocycles. The Labute approximate surface area is 175 Å². The molecule has 1 aromatic rings. The van der Waals surface area contributed by atoms with Gasteiger partial charge in [0.15, 0.2) is 5.69 Å². The van der Waals surface area contributed by atoms with E-state index in [2.05, 4.69) is 25.8 Å². The van der Waals surface area contributed by atoms with E-state index in [0.717, 1.165) is 50.2 Å². The van der Waals surface area contributed by atoms with Crippen molar-refractivity contribution in [3.63, 3.8) is 0 Å². The van der Waals surface area contributed by atoms with Crippen molar-refractivity contribution in [2.24, 2.45) is 0 Å². The molecule has 1 aromatic heterocycles. The number of aryl methyl sites for hydroxylation is 1. The molecule has 1 rings (SSSR count). The van der Waals surface area contributed by atoms with E-state index in [1.807, 2.05) is 20.8 Å². The number of esters is 1. The number of amides is 1. The number of carbonyl (C=O) groups excluding carboxylic acids is 2. The maximum atomic E-state index is 11.2. The third-order valence-corrected chi connectivity index (χ3v) is 4.19. The predicted octanol–water partition coefficient (Wildman–Crippen LogP) is 4.97. The highest BCUT2D eigenvalue weighted by atomic mass is 32.1. The van der Waals surface area contributed by atoms with Crippen LogP contribution >= 0.6 is 11.3 Å². The highest BCUT2D eigenvalue weighted by Crippen LogP contribution is 2.12. The number of carbonyl (C=O) groups is 2. The minimum atomic E-state index is -0.318. The van der Waals surface area contributed by atoms with Crippen molar-refractivity contribution in [1.29, 1.82) is 0 Å². The zero-order valence-corrected chi connectivity index (χ0v) is 19.9. The molecule has 0 atom stereocenters. The summed E-state index contributed by atoms with van der Waals surface area (Å²) in [4.78, 5) is 27.4. The van der Waals surface area contributed by atoms with E-state index in [-0.39, 0.29) is 11.6 Å². The summed E-state index contributed by atoms with van der Waals surface area (Å²) in [5.74, 6) is -0.318. The van der Waals surface area contributed by atoms with Crippen LogP contribution in [0.15, 0.2) is 5.38 Å². The molecule has 0 fully saturated rings. The van der Waals surface area contributed by atoms with Crippen LogP contribution in [0.1, 0.15) is 83.2 Å². The van der Waals surface area contributed by atoms with E-state index in [9.17, 15) is 9.59 Å².